The molecule has 2 N–H and O–H groups in total. The second-order valence-electron chi connectivity index (χ2n) is 9.58. The molecule has 1 aromatic heterocycles. The lowest BCUT2D eigenvalue weighted by Crippen LogP contribution is -2.58. The van der Waals surface area contributed by atoms with E-state index in [2.05, 4.69) is 55.5 Å². The van der Waals surface area contributed by atoms with E-state index in [0.29, 0.717) is 5.92 Å². The average Bonchev–Trinajstić information content (AvgIpc) is 2.99. The molecule has 3 fully saturated rings. The van der Waals surface area contributed by atoms with E-state index in [1.54, 1.807) is 6.33 Å². The summed E-state index contributed by atoms with van der Waals surface area (Å²) in [6.45, 7) is 9.97. The van der Waals surface area contributed by atoms with Crippen molar-refractivity contribution in [3.63, 3.8) is 0 Å². The van der Waals surface area contributed by atoms with Crippen LogP contribution in [0.5, 0.6) is 5.75 Å². The van der Waals surface area contributed by atoms with Crippen molar-refractivity contribution in [1.82, 2.24) is 20.2 Å². The molecule has 33 heavy (non-hydrogen) atoms. The normalized spacial score (nSPS) is 24.2. The molecule has 2 aromatic rings. The van der Waals surface area contributed by atoms with Gasteiger partial charge in [-0.15, -0.1) is 0 Å². The molecule has 0 bridgehead atoms. The van der Waals surface area contributed by atoms with Gasteiger partial charge in [0.25, 0.3) is 0 Å². The van der Waals surface area contributed by atoms with Crippen LogP contribution in [-0.2, 0) is 4.74 Å². The van der Waals surface area contributed by atoms with Gasteiger partial charge in [0.15, 0.2) is 0 Å². The quantitative estimate of drug-likeness (QED) is 0.736. The monoisotopic (exact) mass is 450 g/mol. The van der Waals surface area contributed by atoms with Crippen molar-refractivity contribution in [3.8, 4) is 5.75 Å². The zero-order valence-corrected chi connectivity index (χ0v) is 19.4. The first-order valence-corrected chi connectivity index (χ1v) is 12.5. The number of morpholine rings is 1. The van der Waals surface area contributed by atoms with Gasteiger partial charge in [-0.2, -0.15) is 0 Å². The summed E-state index contributed by atoms with van der Waals surface area (Å²) in [7, 11) is 0. The van der Waals surface area contributed by atoms with E-state index in [0.717, 1.165) is 80.5 Å². The Morgan fingerprint density at radius 3 is 2.61 bits per heavy atom. The summed E-state index contributed by atoms with van der Waals surface area (Å²) in [6, 6.07) is 7.45. The maximum atomic E-state index is 6.56. The standard InChI is InChI=1S/C25H34N6O2/c1-2-21-23-24(27-16-28-25(23)31-9-11-32-12-10-31)29-20-13-18(3-4-22(20)33-21)17-5-7-30(8-6-17)19-14-26-15-19/h3-4,13,16-17,19,21,26H,2,5-12,14-15H2,1H3,(H,27,28,29). The van der Waals surface area contributed by atoms with Gasteiger partial charge in [0.05, 0.1) is 24.5 Å². The highest BCUT2D eigenvalue weighted by Crippen LogP contribution is 2.44. The van der Waals surface area contributed by atoms with Crippen LogP contribution in [0.3, 0.4) is 0 Å². The minimum Gasteiger partial charge on any atom is -0.483 e. The van der Waals surface area contributed by atoms with E-state index in [4.69, 9.17) is 9.47 Å². The van der Waals surface area contributed by atoms with Crippen molar-refractivity contribution in [1.29, 1.82) is 0 Å². The largest absolute Gasteiger partial charge is 0.483 e. The second kappa shape index (κ2) is 9.08. The van der Waals surface area contributed by atoms with E-state index in [1.807, 2.05) is 0 Å². The van der Waals surface area contributed by atoms with Gasteiger partial charge in [0, 0.05) is 32.2 Å². The molecule has 176 valence electrons. The molecule has 0 amide bonds. The Kier molecular flexibility index (Phi) is 5.82. The number of hydrogen-bond donors (Lipinski definition) is 2. The lowest BCUT2D eigenvalue weighted by molar-refractivity contribution is 0.113. The molecule has 0 spiro atoms. The summed E-state index contributed by atoms with van der Waals surface area (Å²) in [6.07, 6.45) is 4.87. The minimum atomic E-state index is -0.0852. The first kappa shape index (κ1) is 21.1. The van der Waals surface area contributed by atoms with Crippen molar-refractivity contribution in [2.45, 2.75) is 44.2 Å². The smallest absolute Gasteiger partial charge is 0.143 e. The Morgan fingerprint density at radius 1 is 1.06 bits per heavy atom. The van der Waals surface area contributed by atoms with E-state index in [9.17, 15) is 0 Å². The molecule has 0 radical (unpaired) electrons. The number of likely N-dealkylation sites (tertiary alicyclic amines) is 1. The van der Waals surface area contributed by atoms with Crippen LogP contribution in [0.1, 0.15) is 49.3 Å². The molecule has 4 aliphatic heterocycles. The molecule has 8 heteroatoms. The van der Waals surface area contributed by atoms with Crippen LogP contribution in [-0.4, -0.2) is 73.4 Å². The van der Waals surface area contributed by atoms with Crippen molar-refractivity contribution in [3.05, 3.63) is 35.7 Å². The summed E-state index contributed by atoms with van der Waals surface area (Å²) < 4.78 is 12.1. The minimum absolute atomic E-state index is 0.0852. The number of nitrogens with zero attached hydrogens (tertiary/aromatic N) is 4. The number of anilines is 3. The van der Waals surface area contributed by atoms with E-state index in [-0.39, 0.29) is 6.10 Å². The second-order valence-corrected chi connectivity index (χ2v) is 9.58. The summed E-state index contributed by atoms with van der Waals surface area (Å²) in [5, 5.41) is 7.02. The molecule has 4 aliphatic rings. The van der Waals surface area contributed by atoms with E-state index >= 15 is 0 Å². The Hall–Kier alpha value is -2.42. The Bertz CT molecular complexity index is 983. The Morgan fingerprint density at radius 2 is 1.88 bits per heavy atom. The number of benzene rings is 1. The lowest BCUT2D eigenvalue weighted by atomic mass is 9.88. The van der Waals surface area contributed by atoms with Crippen molar-refractivity contribution in [2.24, 2.45) is 0 Å². The molecule has 0 aliphatic carbocycles. The Balaban J connectivity index is 1.26. The first-order valence-electron chi connectivity index (χ1n) is 12.5. The summed E-state index contributed by atoms with van der Waals surface area (Å²) in [4.78, 5) is 14.3. The van der Waals surface area contributed by atoms with Gasteiger partial charge in [-0.3, -0.25) is 4.90 Å². The fourth-order valence-corrected chi connectivity index (χ4v) is 5.57. The average molecular weight is 451 g/mol. The molecule has 6 rings (SSSR count). The highest BCUT2D eigenvalue weighted by molar-refractivity contribution is 5.72. The van der Waals surface area contributed by atoms with Crippen LogP contribution in [0.4, 0.5) is 17.3 Å². The van der Waals surface area contributed by atoms with Crippen LogP contribution in [0.25, 0.3) is 0 Å². The molecule has 1 unspecified atom stereocenters. The van der Waals surface area contributed by atoms with Gasteiger partial charge in [0.2, 0.25) is 0 Å². The van der Waals surface area contributed by atoms with Crippen LogP contribution in [0.2, 0.25) is 0 Å². The lowest BCUT2D eigenvalue weighted by Gasteiger charge is -2.42. The number of ether oxygens (including phenoxy) is 2. The number of rotatable bonds is 4. The first-order chi connectivity index (χ1) is 16.3. The zero-order chi connectivity index (χ0) is 22.2. The van der Waals surface area contributed by atoms with Crippen molar-refractivity contribution in [2.75, 3.05) is 62.7 Å². The topological polar surface area (TPSA) is 74.8 Å². The summed E-state index contributed by atoms with van der Waals surface area (Å²) in [5.74, 6) is 3.32. The molecule has 1 aromatic carbocycles. The molecule has 0 saturated carbocycles. The maximum Gasteiger partial charge on any atom is 0.143 e. The SMILES string of the molecule is CCC1Oc2ccc(C3CCN(C4CNC4)CC3)cc2Nc2ncnc(N3CCOCC3)c21. The molecular formula is C25H34N6O2. The maximum absolute atomic E-state index is 6.56. The zero-order valence-electron chi connectivity index (χ0n) is 19.4. The third-order valence-electron chi connectivity index (χ3n) is 7.67. The van der Waals surface area contributed by atoms with Gasteiger partial charge in [-0.25, -0.2) is 9.97 Å². The van der Waals surface area contributed by atoms with Gasteiger partial charge in [0.1, 0.15) is 29.8 Å². The number of piperidine rings is 1. The number of nitrogens with one attached hydrogen (secondary N) is 2. The van der Waals surface area contributed by atoms with E-state index in [1.165, 1.54) is 31.5 Å². The van der Waals surface area contributed by atoms with Crippen LogP contribution in [0, 0.1) is 0 Å². The fourth-order valence-electron chi connectivity index (χ4n) is 5.57. The van der Waals surface area contributed by atoms with Gasteiger partial charge in [-0.05, 0) is 56.0 Å². The van der Waals surface area contributed by atoms with Crippen LogP contribution in [0.15, 0.2) is 24.5 Å². The van der Waals surface area contributed by atoms with Gasteiger partial charge < -0.3 is 25.0 Å². The van der Waals surface area contributed by atoms with Gasteiger partial charge >= 0.3 is 0 Å². The third kappa shape index (κ3) is 4.05. The number of hydrogen-bond acceptors (Lipinski definition) is 8. The van der Waals surface area contributed by atoms with Crippen LogP contribution >= 0.6 is 0 Å². The molecule has 8 nitrogen and oxygen atoms in total. The molecular weight excluding hydrogens is 416 g/mol. The third-order valence-corrected chi connectivity index (χ3v) is 7.67. The Labute approximate surface area is 195 Å². The number of fused-ring (bicyclic) bond motifs is 2. The highest BCUT2D eigenvalue weighted by Gasteiger charge is 2.32. The van der Waals surface area contributed by atoms with Gasteiger partial charge in [-0.1, -0.05) is 13.0 Å². The van der Waals surface area contributed by atoms with Crippen LogP contribution < -0.4 is 20.3 Å². The van der Waals surface area contributed by atoms with Crippen molar-refractivity contribution >= 4 is 17.3 Å². The molecule has 1 atom stereocenters. The summed E-state index contributed by atoms with van der Waals surface area (Å²) >= 11 is 0. The molecule has 3 saturated heterocycles. The predicted molar refractivity (Wildman–Crippen MR) is 129 cm³/mol. The van der Waals surface area contributed by atoms with E-state index < -0.39 is 0 Å². The van der Waals surface area contributed by atoms with Crippen molar-refractivity contribution < 1.29 is 9.47 Å². The summed E-state index contributed by atoms with van der Waals surface area (Å²) in [5.41, 5.74) is 3.47. The highest BCUT2D eigenvalue weighted by atomic mass is 16.5. The molecule has 5 heterocycles. The fraction of sp³-hybridized carbons (Fsp3) is 0.600. The number of aromatic nitrogens is 2. The predicted octanol–water partition coefficient (Wildman–Crippen LogP) is 3.05.